The second-order valence-corrected chi connectivity index (χ2v) is 8.35. The number of hydrogen-bond acceptors (Lipinski definition) is 5. The first kappa shape index (κ1) is 20.4. The van der Waals surface area contributed by atoms with Gasteiger partial charge in [-0.15, -0.1) is 0 Å². The molecule has 0 saturated carbocycles. The number of aromatic nitrogens is 3. The van der Waals surface area contributed by atoms with Gasteiger partial charge < -0.3 is 14.5 Å². The van der Waals surface area contributed by atoms with Crippen LogP contribution in [0.5, 0.6) is 0 Å². The number of aryl methyl sites for hydroxylation is 1. The summed E-state index contributed by atoms with van der Waals surface area (Å²) in [5.41, 5.74) is 1.17. The third kappa shape index (κ3) is 3.56. The Morgan fingerprint density at radius 2 is 2.03 bits per heavy atom. The van der Waals surface area contributed by atoms with E-state index in [-0.39, 0.29) is 24.3 Å². The minimum atomic E-state index is -1.14. The summed E-state index contributed by atoms with van der Waals surface area (Å²) in [6.45, 7) is 2.00. The summed E-state index contributed by atoms with van der Waals surface area (Å²) in [7, 11) is 1.77. The standard InChI is InChI=1S/C24H25N5O3/c1-27-11-9-21(26-27)22(30)29-16-20(19-8-5-10-25-14-19)24(17-29)23(31)28(12-13-32-24)15-18-6-3-2-4-7-18/h2-11,14,20H,12-13,15-17H2,1H3/t20-,24-/m0/s1. The number of pyridine rings is 1. The maximum atomic E-state index is 13.9. The maximum absolute atomic E-state index is 13.9. The molecule has 2 amide bonds. The zero-order valence-corrected chi connectivity index (χ0v) is 17.9. The van der Waals surface area contributed by atoms with Gasteiger partial charge in [-0.05, 0) is 23.3 Å². The van der Waals surface area contributed by atoms with Crippen molar-refractivity contribution in [1.29, 1.82) is 0 Å². The molecule has 8 nitrogen and oxygen atoms in total. The van der Waals surface area contributed by atoms with Gasteiger partial charge in [-0.1, -0.05) is 36.4 Å². The monoisotopic (exact) mass is 431 g/mol. The Kier molecular flexibility index (Phi) is 5.22. The van der Waals surface area contributed by atoms with Crippen molar-refractivity contribution in [2.45, 2.75) is 18.1 Å². The Balaban J connectivity index is 1.48. The van der Waals surface area contributed by atoms with Crippen LogP contribution in [0.3, 0.4) is 0 Å². The molecular weight excluding hydrogens is 406 g/mol. The average molecular weight is 431 g/mol. The molecule has 0 unspecified atom stereocenters. The quantitative estimate of drug-likeness (QED) is 0.630. The van der Waals surface area contributed by atoms with Crippen molar-refractivity contribution in [3.8, 4) is 0 Å². The van der Waals surface area contributed by atoms with Crippen LogP contribution in [-0.4, -0.2) is 68.2 Å². The molecule has 1 spiro atoms. The van der Waals surface area contributed by atoms with Gasteiger partial charge in [0.05, 0.1) is 13.2 Å². The summed E-state index contributed by atoms with van der Waals surface area (Å²) in [6, 6.07) is 15.4. The van der Waals surface area contributed by atoms with Crippen LogP contribution in [0.4, 0.5) is 0 Å². The minimum absolute atomic E-state index is 0.0854. The van der Waals surface area contributed by atoms with Crippen molar-refractivity contribution < 1.29 is 14.3 Å². The number of rotatable bonds is 4. The Labute approximate surface area is 186 Å². The van der Waals surface area contributed by atoms with E-state index >= 15 is 0 Å². The van der Waals surface area contributed by atoms with Crippen LogP contribution in [0, 0.1) is 0 Å². The van der Waals surface area contributed by atoms with Crippen LogP contribution >= 0.6 is 0 Å². The topological polar surface area (TPSA) is 80.6 Å². The Bertz CT molecular complexity index is 1120. The van der Waals surface area contributed by atoms with Gasteiger partial charge in [0.2, 0.25) is 0 Å². The summed E-state index contributed by atoms with van der Waals surface area (Å²) in [5, 5.41) is 4.25. The first-order valence-electron chi connectivity index (χ1n) is 10.7. The summed E-state index contributed by atoms with van der Waals surface area (Å²) < 4.78 is 7.86. The van der Waals surface area contributed by atoms with Gasteiger partial charge in [0.25, 0.3) is 11.8 Å². The number of likely N-dealkylation sites (tertiary alicyclic amines) is 1. The zero-order chi connectivity index (χ0) is 22.1. The molecule has 3 aromatic rings. The second kappa shape index (κ2) is 8.20. The predicted octanol–water partition coefficient (Wildman–Crippen LogP) is 1.85. The number of carbonyl (C=O) groups is 2. The SMILES string of the molecule is Cn1ccc(C(=O)N2C[C@@H](c3cccnc3)[C@]3(C2)OCCN(Cc2ccccc2)C3=O)n1. The van der Waals surface area contributed by atoms with E-state index in [1.165, 1.54) is 0 Å². The van der Waals surface area contributed by atoms with Gasteiger partial charge in [0.1, 0.15) is 5.69 Å². The van der Waals surface area contributed by atoms with Crippen LogP contribution in [0.15, 0.2) is 67.1 Å². The van der Waals surface area contributed by atoms with Crippen LogP contribution < -0.4 is 0 Å². The number of amides is 2. The molecule has 2 atom stereocenters. The molecule has 0 radical (unpaired) electrons. The van der Waals surface area contributed by atoms with Crippen molar-refractivity contribution in [2.24, 2.45) is 7.05 Å². The molecule has 0 N–H and O–H groups in total. The second-order valence-electron chi connectivity index (χ2n) is 8.35. The van der Waals surface area contributed by atoms with E-state index in [2.05, 4.69) is 10.1 Å². The number of nitrogens with zero attached hydrogens (tertiary/aromatic N) is 5. The molecule has 0 bridgehead atoms. The molecular formula is C24H25N5O3. The maximum Gasteiger partial charge on any atom is 0.274 e. The van der Waals surface area contributed by atoms with E-state index < -0.39 is 5.60 Å². The van der Waals surface area contributed by atoms with E-state index in [9.17, 15) is 9.59 Å². The van der Waals surface area contributed by atoms with Crippen LogP contribution in [0.1, 0.15) is 27.5 Å². The van der Waals surface area contributed by atoms with Gasteiger partial charge in [-0.2, -0.15) is 5.10 Å². The summed E-state index contributed by atoms with van der Waals surface area (Å²) in [4.78, 5) is 34.8. The Hall–Kier alpha value is -3.52. The molecule has 2 aliphatic rings. The fourth-order valence-electron chi connectivity index (χ4n) is 4.72. The number of carbonyl (C=O) groups excluding carboxylic acids is 2. The molecule has 5 rings (SSSR count). The van der Waals surface area contributed by atoms with Crippen molar-refractivity contribution >= 4 is 11.8 Å². The van der Waals surface area contributed by atoms with E-state index in [1.807, 2.05) is 47.4 Å². The van der Waals surface area contributed by atoms with Crippen LogP contribution in [-0.2, 0) is 23.1 Å². The highest BCUT2D eigenvalue weighted by molar-refractivity contribution is 5.95. The first-order valence-corrected chi connectivity index (χ1v) is 10.7. The van der Waals surface area contributed by atoms with Gasteiger partial charge in [0, 0.05) is 51.2 Å². The lowest BCUT2D eigenvalue weighted by atomic mass is 9.83. The minimum Gasteiger partial charge on any atom is -0.361 e. The highest BCUT2D eigenvalue weighted by atomic mass is 16.5. The molecule has 2 aromatic heterocycles. The molecule has 32 heavy (non-hydrogen) atoms. The molecule has 1 aromatic carbocycles. The predicted molar refractivity (Wildman–Crippen MR) is 117 cm³/mol. The molecule has 2 saturated heterocycles. The van der Waals surface area contributed by atoms with Crippen molar-refractivity contribution in [3.63, 3.8) is 0 Å². The van der Waals surface area contributed by atoms with Gasteiger partial charge in [-0.25, -0.2) is 0 Å². The molecule has 8 heteroatoms. The number of hydrogen-bond donors (Lipinski definition) is 0. The van der Waals surface area contributed by atoms with Crippen molar-refractivity contribution in [2.75, 3.05) is 26.2 Å². The third-order valence-electron chi connectivity index (χ3n) is 6.28. The highest BCUT2D eigenvalue weighted by Crippen LogP contribution is 2.42. The largest absolute Gasteiger partial charge is 0.361 e. The lowest BCUT2D eigenvalue weighted by Crippen LogP contribution is -2.60. The van der Waals surface area contributed by atoms with Crippen LogP contribution in [0.25, 0.3) is 0 Å². The summed E-state index contributed by atoms with van der Waals surface area (Å²) >= 11 is 0. The lowest BCUT2D eigenvalue weighted by Gasteiger charge is -2.42. The zero-order valence-electron chi connectivity index (χ0n) is 17.9. The summed E-state index contributed by atoms with van der Waals surface area (Å²) in [6.07, 6.45) is 5.20. The van der Waals surface area contributed by atoms with E-state index in [0.717, 1.165) is 11.1 Å². The third-order valence-corrected chi connectivity index (χ3v) is 6.28. The molecule has 2 fully saturated rings. The first-order chi connectivity index (χ1) is 15.6. The van der Waals surface area contributed by atoms with E-state index in [4.69, 9.17) is 4.74 Å². The van der Waals surface area contributed by atoms with Gasteiger partial charge >= 0.3 is 0 Å². The molecule has 0 aliphatic carbocycles. The number of benzene rings is 1. The number of ether oxygens (including phenoxy) is 1. The Morgan fingerprint density at radius 3 is 2.75 bits per heavy atom. The average Bonchev–Trinajstić information content (AvgIpc) is 3.42. The van der Waals surface area contributed by atoms with Crippen molar-refractivity contribution in [1.82, 2.24) is 24.6 Å². The highest BCUT2D eigenvalue weighted by Gasteiger charge is 2.58. The smallest absolute Gasteiger partial charge is 0.274 e. The van der Waals surface area contributed by atoms with Gasteiger partial charge in [0.15, 0.2) is 5.60 Å². The fourth-order valence-corrected chi connectivity index (χ4v) is 4.72. The molecule has 2 aliphatic heterocycles. The molecule has 164 valence electrons. The van der Waals surface area contributed by atoms with Crippen LogP contribution in [0.2, 0.25) is 0 Å². The Morgan fingerprint density at radius 1 is 1.19 bits per heavy atom. The normalized spacial score (nSPS) is 23.2. The number of morpholine rings is 1. The van der Waals surface area contributed by atoms with E-state index in [0.29, 0.717) is 31.9 Å². The summed E-state index contributed by atoms with van der Waals surface area (Å²) in [5.74, 6) is -0.597. The lowest BCUT2D eigenvalue weighted by molar-refractivity contribution is -0.172. The van der Waals surface area contributed by atoms with Crippen molar-refractivity contribution in [3.05, 3.63) is 83.9 Å². The fraction of sp³-hybridized carbons (Fsp3) is 0.333. The van der Waals surface area contributed by atoms with Gasteiger partial charge in [-0.3, -0.25) is 19.3 Å². The van der Waals surface area contributed by atoms with E-state index in [1.54, 1.807) is 41.3 Å². The molecule has 4 heterocycles.